The summed E-state index contributed by atoms with van der Waals surface area (Å²) < 4.78 is 7.37. The van der Waals surface area contributed by atoms with E-state index in [0.717, 1.165) is 48.6 Å². The van der Waals surface area contributed by atoms with Crippen molar-refractivity contribution in [2.24, 2.45) is 5.92 Å². The molecule has 0 amide bonds. The molecule has 1 aromatic heterocycles. The lowest BCUT2D eigenvalue weighted by Crippen LogP contribution is -2.41. The molecule has 0 spiro atoms. The molecular formula is C21H25N5O. The minimum atomic E-state index is -0.307. The standard InChI is InChI=1S/C21H25N5O/c1-16-12-14-21(15-13-16,22-17-8-4-3-5-9-17)20-23-24-25-26(20)18-10-6-7-11-19(18)27-2/h3-11,16,22H,12-15H2,1-2H3. The van der Waals surface area contributed by atoms with E-state index < -0.39 is 0 Å². The second kappa shape index (κ2) is 7.39. The summed E-state index contributed by atoms with van der Waals surface area (Å²) in [5.41, 5.74) is 1.63. The van der Waals surface area contributed by atoms with Crippen LogP contribution in [0.4, 0.5) is 5.69 Å². The van der Waals surface area contributed by atoms with E-state index in [9.17, 15) is 0 Å². The number of rotatable bonds is 5. The lowest BCUT2D eigenvalue weighted by molar-refractivity contribution is 0.254. The largest absolute Gasteiger partial charge is 0.494 e. The lowest BCUT2D eigenvalue weighted by Gasteiger charge is -2.39. The topological polar surface area (TPSA) is 64.9 Å². The number of para-hydroxylation sites is 3. The molecule has 0 atom stereocenters. The van der Waals surface area contributed by atoms with Crippen LogP contribution in [0.15, 0.2) is 54.6 Å². The molecule has 1 aliphatic carbocycles. The van der Waals surface area contributed by atoms with E-state index in [-0.39, 0.29) is 5.54 Å². The fraction of sp³-hybridized carbons (Fsp3) is 0.381. The second-order valence-corrected chi connectivity index (χ2v) is 7.34. The predicted molar refractivity (Wildman–Crippen MR) is 105 cm³/mol. The summed E-state index contributed by atoms with van der Waals surface area (Å²) in [6.45, 7) is 2.32. The molecule has 0 bridgehead atoms. The summed E-state index contributed by atoms with van der Waals surface area (Å²) in [4.78, 5) is 0. The van der Waals surface area contributed by atoms with Gasteiger partial charge in [0.05, 0.1) is 12.6 Å². The van der Waals surface area contributed by atoms with Crippen LogP contribution in [0.3, 0.4) is 0 Å². The molecule has 1 heterocycles. The summed E-state index contributed by atoms with van der Waals surface area (Å²) >= 11 is 0. The molecule has 3 aromatic rings. The highest BCUT2D eigenvalue weighted by molar-refractivity contribution is 5.49. The average Bonchev–Trinajstić information content (AvgIpc) is 3.21. The number of benzene rings is 2. The Labute approximate surface area is 159 Å². The van der Waals surface area contributed by atoms with E-state index in [2.05, 4.69) is 39.9 Å². The average molecular weight is 363 g/mol. The van der Waals surface area contributed by atoms with Crippen LogP contribution in [0.5, 0.6) is 5.75 Å². The number of hydrogen-bond acceptors (Lipinski definition) is 5. The highest BCUT2D eigenvalue weighted by Crippen LogP contribution is 2.42. The summed E-state index contributed by atoms with van der Waals surface area (Å²) in [6, 6.07) is 18.2. The minimum Gasteiger partial charge on any atom is -0.494 e. The zero-order chi connectivity index (χ0) is 18.7. The van der Waals surface area contributed by atoms with Gasteiger partial charge in [-0.3, -0.25) is 0 Å². The fourth-order valence-corrected chi connectivity index (χ4v) is 3.91. The van der Waals surface area contributed by atoms with Crippen molar-refractivity contribution in [1.82, 2.24) is 20.2 Å². The number of hydrogen-bond donors (Lipinski definition) is 1. The molecule has 27 heavy (non-hydrogen) atoms. The lowest BCUT2D eigenvalue weighted by atomic mass is 9.76. The SMILES string of the molecule is COc1ccccc1-n1nnnc1C1(Nc2ccccc2)CCC(C)CC1. The maximum atomic E-state index is 5.54. The molecule has 0 unspecified atom stereocenters. The van der Waals surface area contributed by atoms with Gasteiger partial charge in [0.2, 0.25) is 0 Å². The molecule has 2 aromatic carbocycles. The van der Waals surface area contributed by atoms with E-state index in [1.807, 2.05) is 47.1 Å². The first-order valence-electron chi connectivity index (χ1n) is 9.47. The van der Waals surface area contributed by atoms with Gasteiger partial charge in [-0.25, -0.2) is 0 Å². The Kier molecular flexibility index (Phi) is 4.79. The summed E-state index contributed by atoms with van der Waals surface area (Å²) in [5, 5.41) is 16.6. The number of ether oxygens (including phenoxy) is 1. The van der Waals surface area contributed by atoms with Crippen LogP contribution in [0.1, 0.15) is 38.4 Å². The van der Waals surface area contributed by atoms with Gasteiger partial charge < -0.3 is 10.1 Å². The first-order chi connectivity index (χ1) is 13.2. The Morgan fingerprint density at radius 3 is 2.48 bits per heavy atom. The summed E-state index contributed by atoms with van der Waals surface area (Å²) in [6.07, 6.45) is 4.24. The second-order valence-electron chi connectivity index (χ2n) is 7.34. The van der Waals surface area contributed by atoms with Crippen LogP contribution < -0.4 is 10.1 Å². The molecule has 0 radical (unpaired) electrons. The van der Waals surface area contributed by atoms with E-state index in [0.29, 0.717) is 5.92 Å². The van der Waals surface area contributed by atoms with Gasteiger partial charge in [-0.1, -0.05) is 37.3 Å². The van der Waals surface area contributed by atoms with Gasteiger partial charge in [0.25, 0.3) is 0 Å². The fourth-order valence-electron chi connectivity index (χ4n) is 3.91. The maximum absolute atomic E-state index is 5.54. The Morgan fingerprint density at radius 1 is 1.04 bits per heavy atom. The van der Waals surface area contributed by atoms with Gasteiger partial charge in [-0.15, -0.1) is 5.10 Å². The molecule has 6 nitrogen and oxygen atoms in total. The van der Waals surface area contributed by atoms with Gasteiger partial charge in [-0.2, -0.15) is 4.68 Å². The first-order valence-corrected chi connectivity index (χ1v) is 9.47. The molecule has 6 heteroatoms. The van der Waals surface area contributed by atoms with E-state index in [4.69, 9.17) is 4.74 Å². The first kappa shape index (κ1) is 17.5. The molecule has 1 saturated carbocycles. The smallest absolute Gasteiger partial charge is 0.182 e. The van der Waals surface area contributed by atoms with Crippen molar-refractivity contribution in [2.45, 2.75) is 38.1 Å². The normalized spacial score (nSPS) is 22.4. The van der Waals surface area contributed by atoms with E-state index in [1.165, 1.54) is 0 Å². The minimum absolute atomic E-state index is 0.307. The molecule has 0 aliphatic heterocycles. The molecule has 1 aliphatic rings. The van der Waals surface area contributed by atoms with Gasteiger partial charge in [0.1, 0.15) is 11.4 Å². The number of nitrogens with zero attached hydrogens (tertiary/aromatic N) is 4. The van der Waals surface area contributed by atoms with Gasteiger partial charge in [0.15, 0.2) is 5.82 Å². The number of methoxy groups -OCH3 is 1. The molecular weight excluding hydrogens is 338 g/mol. The van der Waals surface area contributed by atoms with Crippen molar-refractivity contribution in [2.75, 3.05) is 12.4 Å². The molecule has 140 valence electrons. The van der Waals surface area contributed by atoms with Crippen molar-refractivity contribution in [3.8, 4) is 11.4 Å². The number of nitrogens with one attached hydrogen (secondary N) is 1. The van der Waals surface area contributed by atoms with E-state index >= 15 is 0 Å². The summed E-state index contributed by atoms with van der Waals surface area (Å²) in [7, 11) is 1.67. The van der Waals surface area contributed by atoms with E-state index in [1.54, 1.807) is 7.11 Å². The quantitative estimate of drug-likeness (QED) is 0.736. The third-order valence-electron chi connectivity index (χ3n) is 5.50. The highest BCUT2D eigenvalue weighted by Gasteiger charge is 2.41. The maximum Gasteiger partial charge on any atom is 0.182 e. The Balaban J connectivity index is 1.79. The van der Waals surface area contributed by atoms with Crippen LogP contribution in [0, 0.1) is 5.92 Å². The number of tetrazole rings is 1. The Bertz CT molecular complexity index is 884. The predicted octanol–water partition coefficient (Wildman–Crippen LogP) is 4.19. The van der Waals surface area contributed by atoms with Crippen LogP contribution >= 0.6 is 0 Å². The van der Waals surface area contributed by atoms with Gasteiger partial charge >= 0.3 is 0 Å². The third-order valence-corrected chi connectivity index (χ3v) is 5.50. The van der Waals surface area contributed by atoms with Crippen LogP contribution in [-0.4, -0.2) is 27.3 Å². The molecule has 0 saturated heterocycles. The molecule has 4 rings (SSSR count). The summed E-state index contributed by atoms with van der Waals surface area (Å²) in [5.74, 6) is 2.30. The van der Waals surface area contributed by atoms with Gasteiger partial charge in [0, 0.05) is 5.69 Å². The highest BCUT2D eigenvalue weighted by atomic mass is 16.5. The van der Waals surface area contributed by atoms with Crippen molar-refractivity contribution in [1.29, 1.82) is 0 Å². The monoisotopic (exact) mass is 363 g/mol. The van der Waals surface area contributed by atoms with Crippen LogP contribution in [0.25, 0.3) is 5.69 Å². The van der Waals surface area contributed by atoms with Gasteiger partial charge in [-0.05, 0) is 66.3 Å². The Morgan fingerprint density at radius 2 is 1.74 bits per heavy atom. The molecule has 1 fully saturated rings. The molecule has 1 N–H and O–H groups in total. The number of aromatic nitrogens is 4. The van der Waals surface area contributed by atoms with Crippen molar-refractivity contribution >= 4 is 5.69 Å². The van der Waals surface area contributed by atoms with Crippen molar-refractivity contribution in [3.05, 3.63) is 60.4 Å². The third kappa shape index (κ3) is 3.39. The Hall–Kier alpha value is -2.89. The van der Waals surface area contributed by atoms with Crippen LogP contribution in [0.2, 0.25) is 0 Å². The zero-order valence-electron chi connectivity index (χ0n) is 15.8. The van der Waals surface area contributed by atoms with Crippen LogP contribution in [-0.2, 0) is 5.54 Å². The van der Waals surface area contributed by atoms with Crippen molar-refractivity contribution in [3.63, 3.8) is 0 Å². The zero-order valence-corrected chi connectivity index (χ0v) is 15.8. The van der Waals surface area contributed by atoms with Crippen molar-refractivity contribution < 1.29 is 4.74 Å². The number of anilines is 1.